The van der Waals surface area contributed by atoms with Crippen LogP contribution in [0.4, 0.5) is 0 Å². The lowest BCUT2D eigenvalue weighted by molar-refractivity contribution is 0.636. The molecule has 10 rings (SSSR count). The average Bonchev–Trinajstić information content (AvgIpc) is 3.74. The molecule has 0 radical (unpaired) electrons. The highest BCUT2D eigenvalue weighted by Gasteiger charge is 2.40. The zero-order chi connectivity index (χ0) is 31.3. The molecule has 0 aliphatic heterocycles. The van der Waals surface area contributed by atoms with Crippen molar-refractivity contribution < 1.29 is 0 Å². The largest absolute Gasteiger partial charge is 0.309 e. The Morgan fingerprint density at radius 1 is 0.553 bits per heavy atom. The standard InChI is InChI=1S/C43H29N3S/c1-43(2)31-20-10-6-16-27(31)39-40(44-42(45-41(39)43)26-14-4-3-5-15-26)29-18-8-12-22-33(29)46-32-21-11-7-17-28(32)37-34(46)24-25-36-38(37)30-19-9-13-23-35(30)47-36/h3-25H,1-2H3. The van der Waals surface area contributed by atoms with E-state index in [1.165, 1.54) is 53.1 Å². The van der Waals surface area contributed by atoms with Crippen LogP contribution >= 0.6 is 11.3 Å². The smallest absolute Gasteiger partial charge is 0.160 e. The topological polar surface area (TPSA) is 30.7 Å². The third kappa shape index (κ3) is 3.67. The monoisotopic (exact) mass is 619 g/mol. The molecule has 0 atom stereocenters. The molecule has 3 aromatic heterocycles. The van der Waals surface area contributed by atoms with E-state index in [0.29, 0.717) is 0 Å². The van der Waals surface area contributed by atoms with E-state index >= 15 is 0 Å². The molecular formula is C43H29N3S. The molecule has 6 aromatic carbocycles. The lowest BCUT2D eigenvalue weighted by Gasteiger charge is -2.21. The van der Waals surface area contributed by atoms with Gasteiger partial charge in [-0.25, -0.2) is 9.97 Å². The minimum absolute atomic E-state index is 0.263. The molecule has 222 valence electrons. The Morgan fingerprint density at radius 3 is 2.13 bits per heavy atom. The number of rotatable bonds is 3. The number of para-hydroxylation sites is 2. The van der Waals surface area contributed by atoms with Crippen molar-refractivity contribution >= 4 is 53.3 Å². The van der Waals surface area contributed by atoms with E-state index in [4.69, 9.17) is 9.97 Å². The maximum Gasteiger partial charge on any atom is 0.160 e. The van der Waals surface area contributed by atoms with Gasteiger partial charge in [-0.05, 0) is 41.5 Å². The van der Waals surface area contributed by atoms with Gasteiger partial charge in [0.05, 0.1) is 28.1 Å². The van der Waals surface area contributed by atoms with Crippen LogP contribution in [0.1, 0.15) is 25.1 Å². The van der Waals surface area contributed by atoms with Crippen LogP contribution in [-0.2, 0) is 5.41 Å². The summed E-state index contributed by atoms with van der Waals surface area (Å²) in [6.45, 7) is 4.58. The fraction of sp³-hybridized carbons (Fsp3) is 0.0698. The molecule has 3 heterocycles. The van der Waals surface area contributed by atoms with Crippen molar-refractivity contribution in [1.29, 1.82) is 0 Å². The maximum absolute atomic E-state index is 5.44. The summed E-state index contributed by atoms with van der Waals surface area (Å²) in [6.07, 6.45) is 0. The van der Waals surface area contributed by atoms with Gasteiger partial charge < -0.3 is 4.57 Å². The van der Waals surface area contributed by atoms with Crippen LogP contribution in [0.5, 0.6) is 0 Å². The van der Waals surface area contributed by atoms with Gasteiger partial charge in [-0.3, -0.25) is 0 Å². The Morgan fingerprint density at radius 2 is 1.26 bits per heavy atom. The van der Waals surface area contributed by atoms with E-state index in [1.807, 2.05) is 17.4 Å². The quantitative estimate of drug-likeness (QED) is 0.197. The number of benzene rings is 6. The Hall–Kier alpha value is -5.58. The van der Waals surface area contributed by atoms with Gasteiger partial charge in [0.1, 0.15) is 0 Å². The molecule has 3 nitrogen and oxygen atoms in total. The minimum Gasteiger partial charge on any atom is -0.309 e. The molecule has 1 aliphatic carbocycles. The second-order valence-corrected chi connectivity index (χ2v) is 14.0. The molecule has 0 unspecified atom stereocenters. The Bertz CT molecular complexity index is 2710. The summed E-state index contributed by atoms with van der Waals surface area (Å²) in [7, 11) is 0. The van der Waals surface area contributed by atoms with Crippen LogP contribution < -0.4 is 0 Å². The summed E-state index contributed by atoms with van der Waals surface area (Å²) < 4.78 is 5.09. The molecule has 0 bridgehead atoms. The van der Waals surface area contributed by atoms with E-state index in [-0.39, 0.29) is 5.41 Å². The van der Waals surface area contributed by atoms with Crippen molar-refractivity contribution in [2.24, 2.45) is 0 Å². The molecule has 0 saturated heterocycles. The lowest BCUT2D eigenvalue weighted by atomic mass is 9.85. The highest BCUT2D eigenvalue weighted by atomic mass is 32.1. The molecule has 0 N–H and O–H groups in total. The van der Waals surface area contributed by atoms with Crippen LogP contribution in [0.15, 0.2) is 140 Å². The molecule has 9 aromatic rings. The van der Waals surface area contributed by atoms with Crippen molar-refractivity contribution in [1.82, 2.24) is 14.5 Å². The van der Waals surface area contributed by atoms with E-state index < -0.39 is 0 Å². The molecular weight excluding hydrogens is 591 g/mol. The van der Waals surface area contributed by atoms with Crippen molar-refractivity contribution in [3.63, 3.8) is 0 Å². The minimum atomic E-state index is -0.263. The first-order chi connectivity index (χ1) is 23.1. The fourth-order valence-corrected chi connectivity index (χ4v) is 8.97. The fourth-order valence-electron chi connectivity index (χ4n) is 7.86. The highest BCUT2D eigenvalue weighted by Crippen LogP contribution is 2.52. The number of fused-ring (bicyclic) bond motifs is 10. The maximum atomic E-state index is 5.44. The average molecular weight is 620 g/mol. The van der Waals surface area contributed by atoms with Crippen LogP contribution in [0.3, 0.4) is 0 Å². The Labute approximate surface area is 276 Å². The SMILES string of the molecule is CC1(C)c2ccccc2-c2c(-c3ccccc3-n3c4ccccc4c4c5c(ccc43)sc3ccccc35)nc(-c3ccccc3)nc21. The summed E-state index contributed by atoms with van der Waals surface area (Å²) in [5.41, 5.74) is 11.0. The zero-order valence-electron chi connectivity index (χ0n) is 26.0. The third-order valence-corrected chi connectivity index (χ3v) is 11.1. The lowest BCUT2D eigenvalue weighted by Crippen LogP contribution is -2.17. The van der Waals surface area contributed by atoms with Crippen LogP contribution in [-0.4, -0.2) is 14.5 Å². The second kappa shape index (κ2) is 9.71. The molecule has 4 heteroatoms. The summed E-state index contributed by atoms with van der Waals surface area (Å²) >= 11 is 1.87. The Kier molecular flexibility index (Phi) is 5.50. The summed E-state index contributed by atoms with van der Waals surface area (Å²) in [5.74, 6) is 0.753. The molecule has 47 heavy (non-hydrogen) atoms. The normalized spacial score (nSPS) is 13.5. The van der Waals surface area contributed by atoms with Gasteiger partial charge in [0.15, 0.2) is 5.82 Å². The van der Waals surface area contributed by atoms with E-state index in [2.05, 4.69) is 152 Å². The van der Waals surface area contributed by atoms with Gasteiger partial charge >= 0.3 is 0 Å². The summed E-state index contributed by atoms with van der Waals surface area (Å²) in [4.78, 5) is 10.7. The molecule has 0 spiro atoms. The van der Waals surface area contributed by atoms with Gasteiger partial charge in [-0.1, -0.05) is 123 Å². The first-order valence-corrected chi connectivity index (χ1v) is 16.9. The van der Waals surface area contributed by atoms with Crippen LogP contribution in [0, 0.1) is 0 Å². The van der Waals surface area contributed by atoms with Gasteiger partial charge in [0.2, 0.25) is 0 Å². The highest BCUT2D eigenvalue weighted by molar-refractivity contribution is 7.26. The molecule has 0 saturated carbocycles. The molecule has 0 amide bonds. The predicted octanol–water partition coefficient (Wildman–Crippen LogP) is 11.6. The van der Waals surface area contributed by atoms with Gasteiger partial charge in [-0.2, -0.15) is 0 Å². The molecule has 0 fully saturated rings. The zero-order valence-corrected chi connectivity index (χ0v) is 26.8. The Balaban J connectivity index is 1.33. The van der Waals surface area contributed by atoms with Crippen molar-refractivity contribution in [3.8, 4) is 39.5 Å². The van der Waals surface area contributed by atoms with Gasteiger partial charge in [0.25, 0.3) is 0 Å². The van der Waals surface area contributed by atoms with E-state index in [0.717, 1.165) is 39.6 Å². The van der Waals surface area contributed by atoms with Gasteiger partial charge in [-0.15, -0.1) is 11.3 Å². The van der Waals surface area contributed by atoms with Crippen molar-refractivity contribution in [3.05, 3.63) is 151 Å². The number of hydrogen-bond acceptors (Lipinski definition) is 3. The van der Waals surface area contributed by atoms with E-state index in [1.54, 1.807) is 0 Å². The summed E-state index contributed by atoms with van der Waals surface area (Å²) in [5, 5.41) is 5.21. The second-order valence-electron chi connectivity index (χ2n) is 13.0. The van der Waals surface area contributed by atoms with E-state index in [9.17, 15) is 0 Å². The molecule has 1 aliphatic rings. The van der Waals surface area contributed by atoms with Gasteiger partial charge in [0, 0.05) is 53.1 Å². The number of thiophene rings is 1. The number of nitrogens with zero attached hydrogens (tertiary/aromatic N) is 3. The van der Waals surface area contributed by atoms with Crippen molar-refractivity contribution in [2.45, 2.75) is 19.3 Å². The predicted molar refractivity (Wildman–Crippen MR) is 198 cm³/mol. The van der Waals surface area contributed by atoms with Crippen LogP contribution in [0.2, 0.25) is 0 Å². The van der Waals surface area contributed by atoms with Crippen molar-refractivity contribution in [2.75, 3.05) is 0 Å². The number of aromatic nitrogens is 3. The number of hydrogen-bond donors (Lipinski definition) is 0. The van der Waals surface area contributed by atoms with Crippen LogP contribution in [0.25, 0.3) is 81.4 Å². The first kappa shape index (κ1) is 26.6. The first-order valence-electron chi connectivity index (χ1n) is 16.1. The third-order valence-electron chi connectivity index (χ3n) is 9.98. The summed E-state index contributed by atoms with van der Waals surface area (Å²) in [6, 6.07) is 50.2.